The van der Waals surface area contributed by atoms with Crippen LogP contribution in [0.5, 0.6) is 5.75 Å². The molecule has 2 N–H and O–H groups in total. The molecule has 4 heterocycles. The van der Waals surface area contributed by atoms with Crippen LogP contribution in [-0.4, -0.2) is 62.8 Å². The van der Waals surface area contributed by atoms with Gasteiger partial charge in [0.15, 0.2) is 5.65 Å². The molecule has 0 spiro atoms. The summed E-state index contributed by atoms with van der Waals surface area (Å²) < 4.78 is 27.5. The Kier molecular flexibility index (Phi) is 6.37. The van der Waals surface area contributed by atoms with Crippen molar-refractivity contribution in [3.63, 3.8) is 0 Å². The lowest BCUT2D eigenvalue weighted by atomic mass is 10.0. The van der Waals surface area contributed by atoms with Gasteiger partial charge >= 0.3 is 0 Å². The zero-order valence-corrected chi connectivity index (χ0v) is 20.1. The Balaban J connectivity index is 1.14. The predicted molar refractivity (Wildman–Crippen MR) is 134 cm³/mol. The van der Waals surface area contributed by atoms with Gasteiger partial charge in [-0.05, 0) is 17.7 Å². The molecule has 1 atom stereocenters. The molecule has 11 heteroatoms. The van der Waals surface area contributed by atoms with E-state index in [1.54, 1.807) is 10.5 Å². The van der Waals surface area contributed by atoms with Crippen molar-refractivity contribution < 1.29 is 18.7 Å². The number of halogens is 1. The summed E-state index contributed by atoms with van der Waals surface area (Å²) in [6, 6.07) is 13.2. The first kappa shape index (κ1) is 23.3. The fourth-order valence-corrected chi connectivity index (χ4v) is 4.77. The number of hydrogen-bond acceptors (Lipinski definition) is 8. The molecule has 6 rings (SSSR count). The van der Waals surface area contributed by atoms with E-state index in [1.807, 2.05) is 18.2 Å². The highest BCUT2D eigenvalue weighted by Crippen LogP contribution is 2.30. The van der Waals surface area contributed by atoms with Crippen LogP contribution in [0, 0.1) is 5.82 Å². The highest BCUT2D eigenvalue weighted by Gasteiger charge is 2.28. The maximum absolute atomic E-state index is 14.5. The summed E-state index contributed by atoms with van der Waals surface area (Å²) in [6.45, 7) is 3.22. The number of rotatable bonds is 7. The third-order valence-electron chi connectivity index (χ3n) is 6.65. The van der Waals surface area contributed by atoms with E-state index in [0.29, 0.717) is 54.8 Å². The minimum atomic E-state index is -0.622. The van der Waals surface area contributed by atoms with Crippen molar-refractivity contribution in [1.29, 1.82) is 0 Å². The van der Waals surface area contributed by atoms with Crippen LogP contribution in [0.15, 0.2) is 55.0 Å². The first-order valence-electron chi connectivity index (χ1n) is 12.2. The summed E-state index contributed by atoms with van der Waals surface area (Å²) in [5, 5.41) is 14.2. The van der Waals surface area contributed by atoms with Crippen molar-refractivity contribution in [3.05, 3.63) is 77.5 Å². The monoisotopic (exact) mass is 503 g/mol. The molecule has 1 fully saturated rings. The number of carbonyl (C=O) groups is 1. The molecule has 0 radical (unpaired) electrons. The third kappa shape index (κ3) is 4.83. The lowest BCUT2D eigenvalue weighted by Gasteiger charge is -2.32. The number of hydrogen-bond donors (Lipinski definition) is 2. The van der Waals surface area contributed by atoms with Gasteiger partial charge in [0.2, 0.25) is 5.95 Å². The van der Waals surface area contributed by atoms with Gasteiger partial charge in [-0.15, -0.1) is 10.2 Å². The zero-order chi connectivity index (χ0) is 25.2. The van der Waals surface area contributed by atoms with Gasteiger partial charge in [-0.1, -0.05) is 30.3 Å². The quantitative estimate of drug-likeness (QED) is 0.397. The van der Waals surface area contributed by atoms with E-state index in [9.17, 15) is 9.18 Å². The van der Waals surface area contributed by atoms with Crippen LogP contribution in [-0.2, 0) is 29.0 Å². The van der Waals surface area contributed by atoms with Crippen LogP contribution in [0.25, 0.3) is 5.65 Å². The second kappa shape index (κ2) is 10.1. The second-order valence-corrected chi connectivity index (χ2v) is 9.04. The molecule has 4 aromatic rings. The summed E-state index contributed by atoms with van der Waals surface area (Å²) >= 11 is 0. The van der Waals surface area contributed by atoms with E-state index in [2.05, 4.69) is 42.8 Å². The van der Waals surface area contributed by atoms with E-state index >= 15 is 0 Å². The van der Waals surface area contributed by atoms with E-state index < -0.39 is 6.10 Å². The van der Waals surface area contributed by atoms with E-state index in [-0.39, 0.29) is 18.3 Å². The van der Waals surface area contributed by atoms with Crippen LogP contribution in [0.1, 0.15) is 16.7 Å². The smallest absolute Gasteiger partial charge is 0.254 e. The SMILES string of the molecule is O=C(Nc1cnc(NCc2c(F)ccc3c2CCO3)n2cnnc12)C1CN(Cc2ccccc2)CCO1. The molecule has 2 aliphatic heterocycles. The molecule has 2 aromatic heterocycles. The number of fused-ring (bicyclic) bond motifs is 2. The molecular weight excluding hydrogens is 477 g/mol. The Morgan fingerprint density at radius 3 is 2.95 bits per heavy atom. The van der Waals surface area contributed by atoms with Crippen LogP contribution in [0.2, 0.25) is 0 Å². The maximum atomic E-state index is 14.5. The first-order chi connectivity index (χ1) is 18.2. The minimum absolute atomic E-state index is 0.220. The number of benzene rings is 2. The van der Waals surface area contributed by atoms with Crippen molar-refractivity contribution in [2.24, 2.45) is 0 Å². The lowest BCUT2D eigenvalue weighted by molar-refractivity contribution is -0.133. The summed E-state index contributed by atoms with van der Waals surface area (Å²) in [5.74, 6) is 0.573. The molecule has 190 valence electrons. The molecule has 0 aliphatic carbocycles. The maximum Gasteiger partial charge on any atom is 0.254 e. The molecular formula is C26H26FN7O3. The number of morpholine rings is 1. The van der Waals surface area contributed by atoms with Gasteiger partial charge in [0, 0.05) is 43.7 Å². The van der Waals surface area contributed by atoms with Crippen molar-refractivity contribution in [3.8, 4) is 5.75 Å². The average molecular weight is 504 g/mol. The Morgan fingerprint density at radius 2 is 2.05 bits per heavy atom. The number of ether oxygens (including phenoxy) is 2. The Morgan fingerprint density at radius 1 is 1.16 bits per heavy atom. The molecule has 2 aliphatic rings. The van der Waals surface area contributed by atoms with E-state index in [1.165, 1.54) is 24.2 Å². The molecule has 0 saturated carbocycles. The Bertz CT molecular complexity index is 1430. The normalized spacial score (nSPS) is 17.4. The molecule has 10 nitrogen and oxygen atoms in total. The van der Waals surface area contributed by atoms with E-state index in [4.69, 9.17) is 9.47 Å². The molecule has 2 aromatic carbocycles. The van der Waals surface area contributed by atoms with E-state index in [0.717, 1.165) is 18.7 Å². The van der Waals surface area contributed by atoms with Crippen LogP contribution in [0.4, 0.5) is 16.0 Å². The molecule has 37 heavy (non-hydrogen) atoms. The van der Waals surface area contributed by atoms with Crippen LogP contribution < -0.4 is 15.4 Å². The number of nitrogens with zero attached hydrogens (tertiary/aromatic N) is 5. The van der Waals surface area contributed by atoms with Crippen molar-refractivity contribution in [1.82, 2.24) is 24.5 Å². The van der Waals surface area contributed by atoms with Gasteiger partial charge < -0.3 is 20.1 Å². The summed E-state index contributed by atoms with van der Waals surface area (Å²) in [5.41, 5.74) is 3.44. The van der Waals surface area contributed by atoms with Gasteiger partial charge in [-0.3, -0.25) is 9.69 Å². The molecule has 1 saturated heterocycles. The zero-order valence-electron chi connectivity index (χ0n) is 20.1. The van der Waals surface area contributed by atoms with Gasteiger partial charge in [-0.2, -0.15) is 0 Å². The Labute approximate surface area is 212 Å². The third-order valence-corrected chi connectivity index (χ3v) is 6.65. The van der Waals surface area contributed by atoms with Crippen molar-refractivity contribution in [2.45, 2.75) is 25.6 Å². The fourth-order valence-electron chi connectivity index (χ4n) is 4.77. The number of anilines is 2. The lowest BCUT2D eigenvalue weighted by Crippen LogP contribution is -2.47. The van der Waals surface area contributed by atoms with Crippen molar-refractivity contribution >= 4 is 23.2 Å². The van der Waals surface area contributed by atoms with Crippen LogP contribution >= 0.6 is 0 Å². The number of nitrogens with one attached hydrogen (secondary N) is 2. The summed E-state index contributed by atoms with van der Waals surface area (Å²) in [4.78, 5) is 19.7. The number of aromatic nitrogens is 4. The molecule has 1 unspecified atom stereocenters. The van der Waals surface area contributed by atoms with Crippen molar-refractivity contribution in [2.75, 3.05) is 36.9 Å². The largest absolute Gasteiger partial charge is 0.493 e. The highest BCUT2D eigenvalue weighted by atomic mass is 19.1. The average Bonchev–Trinajstić information content (AvgIpc) is 3.60. The fraction of sp³-hybridized carbons (Fsp3) is 0.308. The van der Waals surface area contributed by atoms with Gasteiger partial charge in [-0.25, -0.2) is 13.8 Å². The predicted octanol–water partition coefficient (Wildman–Crippen LogP) is 2.65. The van der Waals surface area contributed by atoms with Gasteiger partial charge in [0.05, 0.1) is 19.4 Å². The minimum Gasteiger partial charge on any atom is -0.493 e. The topological polar surface area (TPSA) is 106 Å². The second-order valence-electron chi connectivity index (χ2n) is 9.04. The van der Waals surface area contributed by atoms with Gasteiger partial charge in [0.1, 0.15) is 29.7 Å². The summed E-state index contributed by atoms with van der Waals surface area (Å²) in [6.07, 6.45) is 3.05. The summed E-state index contributed by atoms with van der Waals surface area (Å²) in [7, 11) is 0. The standard InChI is InChI=1S/C26H26FN7O3/c27-20-6-7-22-18(8-10-36-22)19(20)12-28-26-29-13-21(24-32-30-16-34(24)26)31-25(35)23-15-33(9-11-37-23)14-17-4-2-1-3-5-17/h1-7,13,16,23H,8-12,14-15H2,(H,28,29)(H,31,35). The highest BCUT2D eigenvalue weighted by molar-refractivity contribution is 5.97. The number of carbonyl (C=O) groups excluding carboxylic acids is 1. The van der Waals surface area contributed by atoms with Crippen LogP contribution in [0.3, 0.4) is 0 Å². The van der Waals surface area contributed by atoms with Gasteiger partial charge in [0.25, 0.3) is 5.91 Å². The number of amides is 1. The molecule has 1 amide bonds. The Hall–Kier alpha value is -4.09. The first-order valence-corrected chi connectivity index (χ1v) is 12.2. The molecule has 0 bridgehead atoms.